The summed E-state index contributed by atoms with van der Waals surface area (Å²) in [6.07, 6.45) is 4.68. The fraction of sp³-hybridized carbons (Fsp3) is 0.778. The van der Waals surface area contributed by atoms with E-state index in [2.05, 4.69) is 18.5 Å². The highest BCUT2D eigenvalue weighted by Crippen LogP contribution is 2.14. The van der Waals surface area contributed by atoms with Gasteiger partial charge in [-0.2, -0.15) is 0 Å². The van der Waals surface area contributed by atoms with E-state index in [-0.39, 0.29) is 0 Å². The van der Waals surface area contributed by atoms with Gasteiger partial charge in [-0.25, -0.2) is 0 Å². The van der Waals surface area contributed by atoms with Crippen LogP contribution in [0.3, 0.4) is 0 Å². The summed E-state index contributed by atoms with van der Waals surface area (Å²) < 4.78 is 0. The molecule has 0 aromatic heterocycles. The Morgan fingerprint density at radius 3 is 2.30 bits per heavy atom. The van der Waals surface area contributed by atoms with Gasteiger partial charge in [-0.05, 0) is 26.4 Å². The van der Waals surface area contributed by atoms with Crippen molar-refractivity contribution in [2.45, 2.75) is 32.7 Å². The highest BCUT2D eigenvalue weighted by Gasteiger charge is 2.16. The third kappa shape index (κ3) is 2.53. The van der Waals surface area contributed by atoms with Gasteiger partial charge in [0, 0.05) is 6.04 Å². The van der Waals surface area contributed by atoms with E-state index in [0.717, 1.165) is 0 Å². The van der Waals surface area contributed by atoms with E-state index in [1.807, 2.05) is 19.9 Å². The smallest absolute Gasteiger partial charge is 0.0273 e. The summed E-state index contributed by atoms with van der Waals surface area (Å²) in [6, 6.07) is 0.662. The van der Waals surface area contributed by atoms with Crippen molar-refractivity contribution in [2.75, 3.05) is 13.6 Å². The zero-order chi connectivity index (χ0) is 7.98. The molecular weight excluding hydrogens is 122 g/mol. The van der Waals surface area contributed by atoms with Crippen LogP contribution >= 0.6 is 0 Å². The molecule has 0 radical (unpaired) electrons. The van der Waals surface area contributed by atoms with E-state index >= 15 is 0 Å². The van der Waals surface area contributed by atoms with Crippen LogP contribution in [0.15, 0.2) is 12.7 Å². The summed E-state index contributed by atoms with van der Waals surface area (Å²) in [5.41, 5.74) is 0. The van der Waals surface area contributed by atoms with Gasteiger partial charge < -0.3 is 0 Å². The standard InChI is InChI=1S/C7H13N.C2H6/c1-3-7-5-4-6-8(7)2;1-2/h3,7H,1,4-6H2,2H3;1-2H3/t7-;/m1./s1. The SMILES string of the molecule is C=C[C@@H]1CCCN1C.CC. The number of rotatable bonds is 1. The lowest BCUT2D eigenvalue weighted by atomic mass is 10.2. The summed E-state index contributed by atoms with van der Waals surface area (Å²) in [5, 5.41) is 0. The van der Waals surface area contributed by atoms with Crippen LogP contribution in [0.4, 0.5) is 0 Å². The maximum atomic E-state index is 3.75. The van der Waals surface area contributed by atoms with E-state index in [1.165, 1.54) is 19.4 Å². The largest absolute Gasteiger partial charge is 0.300 e. The lowest BCUT2D eigenvalue weighted by Crippen LogP contribution is -2.21. The van der Waals surface area contributed by atoms with Gasteiger partial charge >= 0.3 is 0 Å². The molecular formula is C9H19N. The number of hydrogen-bond acceptors (Lipinski definition) is 1. The van der Waals surface area contributed by atoms with E-state index in [1.54, 1.807) is 0 Å². The van der Waals surface area contributed by atoms with Gasteiger partial charge in [-0.1, -0.05) is 19.9 Å². The van der Waals surface area contributed by atoms with Crippen LogP contribution in [0.1, 0.15) is 26.7 Å². The maximum absolute atomic E-state index is 3.75. The van der Waals surface area contributed by atoms with Crippen LogP contribution in [0, 0.1) is 0 Å². The predicted molar refractivity (Wildman–Crippen MR) is 47.2 cm³/mol. The maximum Gasteiger partial charge on any atom is 0.0273 e. The van der Waals surface area contributed by atoms with Gasteiger partial charge in [-0.15, -0.1) is 6.58 Å². The summed E-state index contributed by atoms with van der Waals surface area (Å²) in [7, 11) is 2.15. The zero-order valence-corrected chi connectivity index (χ0v) is 7.43. The average molecular weight is 141 g/mol. The molecule has 1 aliphatic rings. The van der Waals surface area contributed by atoms with Gasteiger partial charge in [-0.3, -0.25) is 4.90 Å². The van der Waals surface area contributed by atoms with Crippen molar-refractivity contribution in [3.8, 4) is 0 Å². The van der Waals surface area contributed by atoms with Crippen LogP contribution in [0.5, 0.6) is 0 Å². The number of hydrogen-bond donors (Lipinski definition) is 0. The topological polar surface area (TPSA) is 3.24 Å². The number of likely N-dealkylation sites (N-methyl/N-ethyl adjacent to an activating group) is 1. The van der Waals surface area contributed by atoms with Crippen molar-refractivity contribution in [2.24, 2.45) is 0 Å². The van der Waals surface area contributed by atoms with E-state index in [0.29, 0.717) is 6.04 Å². The van der Waals surface area contributed by atoms with E-state index < -0.39 is 0 Å². The Kier molecular flexibility index (Phi) is 5.32. The van der Waals surface area contributed by atoms with Crippen LogP contribution in [0.2, 0.25) is 0 Å². The highest BCUT2D eigenvalue weighted by molar-refractivity contribution is 4.90. The number of likely N-dealkylation sites (tertiary alicyclic amines) is 1. The molecule has 0 aromatic carbocycles. The summed E-state index contributed by atoms with van der Waals surface area (Å²) in [6.45, 7) is 9.00. The fourth-order valence-corrected chi connectivity index (χ4v) is 1.23. The van der Waals surface area contributed by atoms with Gasteiger partial charge in [0.05, 0.1) is 0 Å². The molecule has 1 rings (SSSR count). The molecule has 1 aliphatic heterocycles. The normalized spacial score (nSPS) is 25.3. The Bertz CT molecular complexity index is 88.7. The Hall–Kier alpha value is -0.300. The lowest BCUT2D eigenvalue weighted by Gasteiger charge is -2.13. The van der Waals surface area contributed by atoms with Crippen molar-refractivity contribution in [1.29, 1.82) is 0 Å². The molecule has 0 amide bonds. The zero-order valence-electron chi connectivity index (χ0n) is 7.43. The van der Waals surface area contributed by atoms with Crippen molar-refractivity contribution < 1.29 is 0 Å². The molecule has 0 aliphatic carbocycles. The van der Waals surface area contributed by atoms with Gasteiger partial charge in [0.2, 0.25) is 0 Å². The Labute approximate surface area is 64.7 Å². The predicted octanol–water partition coefficient (Wildman–Crippen LogP) is 2.29. The quantitative estimate of drug-likeness (QED) is 0.506. The van der Waals surface area contributed by atoms with Gasteiger partial charge in [0.15, 0.2) is 0 Å². The third-order valence-corrected chi connectivity index (χ3v) is 1.85. The first kappa shape index (κ1) is 9.70. The Morgan fingerprint density at radius 1 is 1.50 bits per heavy atom. The molecule has 1 atom stereocenters. The van der Waals surface area contributed by atoms with Crippen LogP contribution < -0.4 is 0 Å². The lowest BCUT2D eigenvalue weighted by molar-refractivity contribution is 0.357. The summed E-state index contributed by atoms with van der Waals surface area (Å²) in [5.74, 6) is 0. The molecule has 1 saturated heterocycles. The molecule has 1 fully saturated rings. The molecule has 10 heavy (non-hydrogen) atoms. The first-order chi connectivity index (χ1) is 4.84. The first-order valence-electron chi connectivity index (χ1n) is 4.17. The van der Waals surface area contributed by atoms with Crippen LogP contribution in [-0.2, 0) is 0 Å². The second-order valence-electron chi connectivity index (χ2n) is 2.43. The first-order valence-corrected chi connectivity index (χ1v) is 4.17. The molecule has 0 unspecified atom stereocenters. The molecule has 1 heteroatoms. The van der Waals surface area contributed by atoms with Crippen molar-refractivity contribution >= 4 is 0 Å². The van der Waals surface area contributed by atoms with E-state index in [9.17, 15) is 0 Å². The molecule has 0 N–H and O–H groups in total. The van der Waals surface area contributed by atoms with Crippen molar-refractivity contribution in [1.82, 2.24) is 4.90 Å². The summed E-state index contributed by atoms with van der Waals surface area (Å²) in [4.78, 5) is 2.34. The van der Waals surface area contributed by atoms with Crippen LogP contribution in [-0.4, -0.2) is 24.5 Å². The Morgan fingerprint density at radius 2 is 2.10 bits per heavy atom. The minimum atomic E-state index is 0.662. The third-order valence-electron chi connectivity index (χ3n) is 1.85. The fourth-order valence-electron chi connectivity index (χ4n) is 1.23. The van der Waals surface area contributed by atoms with Crippen molar-refractivity contribution in [3.05, 3.63) is 12.7 Å². The highest BCUT2D eigenvalue weighted by atomic mass is 15.1. The minimum Gasteiger partial charge on any atom is -0.300 e. The van der Waals surface area contributed by atoms with Gasteiger partial charge in [0.1, 0.15) is 0 Å². The molecule has 60 valence electrons. The van der Waals surface area contributed by atoms with Crippen LogP contribution in [0.25, 0.3) is 0 Å². The second-order valence-corrected chi connectivity index (χ2v) is 2.43. The molecule has 0 saturated carbocycles. The van der Waals surface area contributed by atoms with Gasteiger partial charge in [0.25, 0.3) is 0 Å². The van der Waals surface area contributed by atoms with Crippen molar-refractivity contribution in [3.63, 3.8) is 0 Å². The Balaban J connectivity index is 0.000000371. The molecule has 0 bridgehead atoms. The molecule has 0 aromatic rings. The summed E-state index contributed by atoms with van der Waals surface area (Å²) >= 11 is 0. The molecule has 1 heterocycles. The monoisotopic (exact) mass is 141 g/mol. The molecule has 0 spiro atoms. The van der Waals surface area contributed by atoms with E-state index in [4.69, 9.17) is 0 Å². The average Bonchev–Trinajstić information content (AvgIpc) is 2.39. The second kappa shape index (κ2) is 5.48. The number of nitrogens with zero attached hydrogens (tertiary/aromatic N) is 1. The molecule has 1 nitrogen and oxygen atoms in total. The minimum absolute atomic E-state index is 0.662.